The van der Waals surface area contributed by atoms with E-state index in [0.717, 1.165) is 12.8 Å². The number of nitrogens with one attached hydrogen (secondary N) is 2. The maximum absolute atomic E-state index is 11.7. The molecule has 1 saturated heterocycles. The molecule has 92 valence electrons. The number of hydrogen-bond acceptors (Lipinski definition) is 3. The van der Waals surface area contributed by atoms with Crippen LogP contribution in [-0.2, 0) is 9.59 Å². The van der Waals surface area contributed by atoms with E-state index in [0.29, 0.717) is 13.0 Å². The van der Waals surface area contributed by atoms with Gasteiger partial charge in [-0.25, -0.2) is 0 Å². The first-order valence-corrected chi connectivity index (χ1v) is 5.90. The fourth-order valence-electron chi connectivity index (χ4n) is 1.69. The zero-order valence-electron chi connectivity index (χ0n) is 9.95. The summed E-state index contributed by atoms with van der Waals surface area (Å²) < 4.78 is 0. The zero-order chi connectivity index (χ0) is 12.1. The van der Waals surface area contributed by atoms with E-state index < -0.39 is 12.1 Å². The molecule has 0 aromatic carbocycles. The minimum atomic E-state index is -0.528. The van der Waals surface area contributed by atoms with Gasteiger partial charge in [0.1, 0.15) is 6.04 Å². The van der Waals surface area contributed by atoms with Crippen LogP contribution in [0.4, 0.5) is 0 Å². The van der Waals surface area contributed by atoms with Crippen molar-refractivity contribution in [3.8, 4) is 0 Å². The van der Waals surface area contributed by atoms with E-state index in [-0.39, 0.29) is 17.7 Å². The Bertz CT molecular complexity index is 268. The minimum absolute atomic E-state index is 0.101. The lowest BCUT2D eigenvalue weighted by Gasteiger charge is -2.25. The van der Waals surface area contributed by atoms with Crippen LogP contribution in [0.25, 0.3) is 0 Å². The second-order valence-electron chi connectivity index (χ2n) is 4.41. The lowest BCUT2D eigenvalue weighted by molar-refractivity contribution is -0.131. The number of amides is 2. The van der Waals surface area contributed by atoms with Crippen LogP contribution in [-0.4, -0.2) is 30.4 Å². The molecule has 0 spiro atoms. The van der Waals surface area contributed by atoms with Crippen molar-refractivity contribution in [2.45, 2.75) is 45.2 Å². The fourth-order valence-corrected chi connectivity index (χ4v) is 1.69. The van der Waals surface area contributed by atoms with Crippen molar-refractivity contribution in [2.24, 2.45) is 11.7 Å². The molecular weight excluding hydrogens is 206 g/mol. The van der Waals surface area contributed by atoms with Crippen molar-refractivity contribution in [1.82, 2.24) is 10.6 Å². The van der Waals surface area contributed by atoms with Crippen molar-refractivity contribution in [2.75, 3.05) is 6.54 Å². The van der Waals surface area contributed by atoms with Gasteiger partial charge >= 0.3 is 0 Å². The molecule has 0 radical (unpaired) electrons. The highest BCUT2D eigenvalue weighted by atomic mass is 16.2. The molecular formula is C11H21N3O2. The predicted octanol–water partition coefficient (Wildman–Crippen LogP) is -0.245. The normalized spacial score (nSPS) is 24.4. The van der Waals surface area contributed by atoms with Gasteiger partial charge in [0, 0.05) is 6.54 Å². The predicted molar refractivity (Wildman–Crippen MR) is 61.6 cm³/mol. The molecule has 0 bridgehead atoms. The van der Waals surface area contributed by atoms with Crippen LogP contribution in [0.2, 0.25) is 0 Å². The SMILES string of the molecule is CCC(C)C(N)C(=O)NC1CCCNC1=O. The number of rotatable bonds is 4. The molecule has 0 aromatic rings. The first-order chi connectivity index (χ1) is 7.56. The van der Waals surface area contributed by atoms with E-state index >= 15 is 0 Å². The van der Waals surface area contributed by atoms with Gasteiger partial charge in [-0.15, -0.1) is 0 Å². The second kappa shape index (κ2) is 5.84. The lowest BCUT2D eigenvalue weighted by Crippen LogP contribution is -2.55. The maximum atomic E-state index is 11.7. The molecule has 1 fully saturated rings. The Morgan fingerprint density at radius 2 is 2.38 bits per heavy atom. The number of hydrogen-bond donors (Lipinski definition) is 3. The summed E-state index contributed by atoms with van der Waals surface area (Å²) >= 11 is 0. The summed E-state index contributed by atoms with van der Waals surface area (Å²) in [6.45, 7) is 4.62. The van der Waals surface area contributed by atoms with Crippen LogP contribution in [0.1, 0.15) is 33.1 Å². The molecule has 5 nitrogen and oxygen atoms in total. The van der Waals surface area contributed by atoms with Gasteiger partial charge in [0.05, 0.1) is 6.04 Å². The highest BCUT2D eigenvalue weighted by Crippen LogP contribution is 2.07. The van der Waals surface area contributed by atoms with Gasteiger partial charge in [-0.05, 0) is 18.8 Å². The summed E-state index contributed by atoms with van der Waals surface area (Å²) in [4.78, 5) is 23.2. The van der Waals surface area contributed by atoms with Gasteiger partial charge in [0.25, 0.3) is 0 Å². The summed E-state index contributed by atoms with van der Waals surface area (Å²) in [6.07, 6.45) is 2.45. The van der Waals surface area contributed by atoms with Crippen LogP contribution in [0.3, 0.4) is 0 Å². The number of piperidine rings is 1. The summed E-state index contributed by atoms with van der Waals surface area (Å²) in [5.74, 6) is -0.195. The minimum Gasteiger partial charge on any atom is -0.354 e. The molecule has 5 heteroatoms. The van der Waals surface area contributed by atoms with Gasteiger partial charge in [0.2, 0.25) is 11.8 Å². The number of nitrogens with two attached hydrogens (primary N) is 1. The van der Waals surface area contributed by atoms with Gasteiger partial charge in [-0.2, -0.15) is 0 Å². The molecule has 0 saturated carbocycles. The van der Waals surface area contributed by atoms with E-state index in [1.54, 1.807) is 0 Å². The van der Waals surface area contributed by atoms with E-state index in [4.69, 9.17) is 5.73 Å². The first kappa shape index (κ1) is 13.0. The Labute approximate surface area is 96.1 Å². The summed E-state index contributed by atoms with van der Waals surface area (Å²) in [5.41, 5.74) is 5.79. The molecule has 3 unspecified atom stereocenters. The molecule has 2 amide bonds. The molecule has 16 heavy (non-hydrogen) atoms. The molecule has 4 N–H and O–H groups in total. The quantitative estimate of drug-likeness (QED) is 0.619. The molecule has 1 aliphatic rings. The fraction of sp³-hybridized carbons (Fsp3) is 0.818. The van der Waals surface area contributed by atoms with Crippen molar-refractivity contribution < 1.29 is 9.59 Å². The van der Waals surface area contributed by atoms with E-state index in [2.05, 4.69) is 10.6 Å². The Morgan fingerprint density at radius 1 is 1.69 bits per heavy atom. The third-order valence-corrected chi connectivity index (χ3v) is 3.16. The highest BCUT2D eigenvalue weighted by molar-refractivity contribution is 5.90. The topological polar surface area (TPSA) is 84.2 Å². The van der Waals surface area contributed by atoms with Crippen LogP contribution in [0.15, 0.2) is 0 Å². The zero-order valence-corrected chi connectivity index (χ0v) is 9.95. The Balaban J connectivity index is 2.46. The second-order valence-corrected chi connectivity index (χ2v) is 4.41. The Hall–Kier alpha value is -1.10. The molecule has 0 aliphatic carbocycles. The Morgan fingerprint density at radius 3 is 2.94 bits per heavy atom. The van der Waals surface area contributed by atoms with Crippen molar-refractivity contribution in [3.63, 3.8) is 0 Å². The molecule has 1 aliphatic heterocycles. The number of carbonyl (C=O) groups is 2. The largest absolute Gasteiger partial charge is 0.354 e. The third kappa shape index (κ3) is 3.20. The van der Waals surface area contributed by atoms with Crippen molar-refractivity contribution >= 4 is 11.8 Å². The monoisotopic (exact) mass is 227 g/mol. The van der Waals surface area contributed by atoms with Crippen LogP contribution < -0.4 is 16.4 Å². The standard InChI is InChI=1S/C11H21N3O2/c1-3-7(2)9(12)11(16)14-8-5-4-6-13-10(8)15/h7-9H,3-6,12H2,1-2H3,(H,13,15)(H,14,16). The summed E-state index contributed by atoms with van der Waals surface area (Å²) in [6, 6.07) is -0.934. The molecule has 1 heterocycles. The summed E-state index contributed by atoms with van der Waals surface area (Å²) in [7, 11) is 0. The van der Waals surface area contributed by atoms with E-state index in [1.807, 2.05) is 13.8 Å². The summed E-state index contributed by atoms with van der Waals surface area (Å²) in [5, 5.41) is 5.43. The van der Waals surface area contributed by atoms with Gasteiger partial charge in [0.15, 0.2) is 0 Å². The molecule has 0 aromatic heterocycles. The maximum Gasteiger partial charge on any atom is 0.242 e. The smallest absolute Gasteiger partial charge is 0.242 e. The van der Waals surface area contributed by atoms with Crippen LogP contribution >= 0.6 is 0 Å². The Kier molecular flexibility index (Phi) is 4.73. The molecule has 1 rings (SSSR count). The van der Waals surface area contributed by atoms with E-state index in [1.165, 1.54) is 0 Å². The van der Waals surface area contributed by atoms with Crippen LogP contribution in [0.5, 0.6) is 0 Å². The average molecular weight is 227 g/mol. The highest BCUT2D eigenvalue weighted by Gasteiger charge is 2.27. The number of carbonyl (C=O) groups excluding carboxylic acids is 2. The van der Waals surface area contributed by atoms with Gasteiger partial charge in [-0.1, -0.05) is 20.3 Å². The molecule has 3 atom stereocenters. The van der Waals surface area contributed by atoms with Crippen molar-refractivity contribution in [1.29, 1.82) is 0 Å². The average Bonchev–Trinajstić information content (AvgIpc) is 2.30. The van der Waals surface area contributed by atoms with E-state index in [9.17, 15) is 9.59 Å². The van der Waals surface area contributed by atoms with Gasteiger partial charge < -0.3 is 16.4 Å². The van der Waals surface area contributed by atoms with Gasteiger partial charge in [-0.3, -0.25) is 9.59 Å². The third-order valence-electron chi connectivity index (χ3n) is 3.16. The lowest BCUT2D eigenvalue weighted by atomic mass is 9.98. The van der Waals surface area contributed by atoms with Crippen LogP contribution in [0, 0.1) is 5.92 Å². The van der Waals surface area contributed by atoms with Crippen molar-refractivity contribution in [3.05, 3.63) is 0 Å². The first-order valence-electron chi connectivity index (χ1n) is 5.90.